The Balaban J connectivity index is 1.26. The third kappa shape index (κ3) is 7.83. The summed E-state index contributed by atoms with van der Waals surface area (Å²) in [5.41, 5.74) is 1.64. The molecule has 53 heavy (non-hydrogen) atoms. The first-order valence-corrected chi connectivity index (χ1v) is 18.6. The number of carbonyl (C=O) groups excluding carboxylic acids is 4. The van der Waals surface area contributed by atoms with Crippen LogP contribution in [-0.2, 0) is 43.6 Å². The van der Waals surface area contributed by atoms with Crippen LogP contribution in [0.25, 0.3) is 0 Å². The van der Waals surface area contributed by atoms with E-state index in [9.17, 15) is 45.2 Å². The van der Waals surface area contributed by atoms with Gasteiger partial charge in [-0.15, -0.1) is 4.59 Å². The number of carbonyl (C=O) groups is 4. The number of nitrogens with zero attached hydrogens (tertiary/aromatic N) is 3. The molecule has 13 nitrogen and oxygen atoms in total. The summed E-state index contributed by atoms with van der Waals surface area (Å²) in [5.74, 6) is -2.04. The quantitative estimate of drug-likeness (QED) is 0.155. The number of fused-ring (bicyclic) bond motifs is 1. The third-order valence-electron chi connectivity index (χ3n) is 9.96. The number of benzene rings is 2. The van der Waals surface area contributed by atoms with Crippen molar-refractivity contribution in [3.05, 3.63) is 77.6 Å². The SMILES string of the molecule is C=C[C@@H]1C[N+]1(NC(=O)[C@@H]1C[C@@H](OC(=O)N2Cc3cccc(F)c3C2)CN1C(=O)[C@@H](Nc1cccc(C(F)(F)F)c1)C(C)(C)C)C(=O)NS(=O)(=O)C1CC1. The lowest BCUT2D eigenvalue weighted by atomic mass is 9.85. The van der Waals surface area contributed by atoms with Gasteiger partial charge in [-0.2, -0.15) is 23.3 Å². The number of urea groups is 1. The molecule has 2 saturated heterocycles. The molecule has 0 radical (unpaired) electrons. The maximum absolute atomic E-state index is 14.5. The second kappa shape index (κ2) is 13.6. The van der Waals surface area contributed by atoms with E-state index in [1.165, 1.54) is 35.2 Å². The molecule has 3 fully saturated rings. The molecule has 1 saturated carbocycles. The maximum atomic E-state index is 14.5. The van der Waals surface area contributed by atoms with E-state index in [1.807, 2.05) is 4.72 Å². The van der Waals surface area contributed by atoms with Crippen molar-refractivity contribution >= 4 is 39.6 Å². The maximum Gasteiger partial charge on any atom is 0.455 e. The number of sulfonamides is 1. The zero-order valence-corrected chi connectivity index (χ0v) is 30.1. The number of halogens is 4. The molecule has 18 heteroatoms. The van der Waals surface area contributed by atoms with Gasteiger partial charge in [0.15, 0.2) is 12.6 Å². The average Bonchev–Trinajstić information content (AvgIpc) is 3.97. The van der Waals surface area contributed by atoms with Gasteiger partial charge in [-0.1, -0.05) is 45.5 Å². The van der Waals surface area contributed by atoms with Gasteiger partial charge in [-0.25, -0.2) is 22.4 Å². The molecule has 0 aromatic heterocycles. The highest BCUT2D eigenvalue weighted by Gasteiger charge is 2.64. The van der Waals surface area contributed by atoms with Crippen LogP contribution in [0.3, 0.4) is 0 Å². The van der Waals surface area contributed by atoms with Crippen molar-refractivity contribution in [1.29, 1.82) is 0 Å². The monoisotopic (exact) mass is 765 g/mol. The van der Waals surface area contributed by atoms with Gasteiger partial charge in [0.25, 0.3) is 5.91 Å². The molecule has 3 heterocycles. The second-order valence-corrected chi connectivity index (χ2v) is 16.9. The number of alkyl halides is 3. The Morgan fingerprint density at radius 2 is 1.75 bits per heavy atom. The smallest absolute Gasteiger partial charge is 0.444 e. The normalized spacial score (nSPS) is 24.5. The number of likely N-dealkylation sites (tertiary alicyclic amines) is 1. The van der Waals surface area contributed by atoms with Crippen molar-refractivity contribution in [3.63, 3.8) is 0 Å². The van der Waals surface area contributed by atoms with Crippen LogP contribution in [0.4, 0.5) is 32.8 Å². The number of anilines is 1. The summed E-state index contributed by atoms with van der Waals surface area (Å²) in [6.07, 6.45) is -4.61. The number of hydrogen-bond donors (Lipinski definition) is 3. The first-order chi connectivity index (χ1) is 24.7. The van der Waals surface area contributed by atoms with Crippen molar-refractivity contribution in [1.82, 2.24) is 19.9 Å². The Bertz CT molecular complexity index is 1950. The summed E-state index contributed by atoms with van der Waals surface area (Å²) in [4.78, 5) is 57.7. The van der Waals surface area contributed by atoms with E-state index in [0.29, 0.717) is 24.0 Å². The summed E-state index contributed by atoms with van der Waals surface area (Å²) < 4.78 is 87.3. The van der Waals surface area contributed by atoms with Gasteiger partial charge >= 0.3 is 18.3 Å². The van der Waals surface area contributed by atoms with Crippen LogP contribution in [0.1, 0.15) is 56.7 Å². The molecule has 4 aliphatic rings. The molecular weight excluding hydrogens is 724 g/mol. The number of ether oxygens (including phenoxy) is 1. The fourth-order valence-corrected chi connectivity index (χ4v) is 8.05. The summed E-state index contributed by atoms with van der Waals surface area (Å²) in [6.45, 7) is 8.40. The minimum atomic E-state index is -4.65. The van der Waals surface area contributed by atoms with Crippen LogP contribution in [0.15, 0.2) is 55.1 Å². The van der Waals surface area contributed by atoms with Crippen molar-refractivity contribution in [3.8, 4) is 0 Å². The number of nitrogens with one attached hydrogen (secondary N) is 3. The van der Waals surface area contributed by atoms with Gasteiger partial charge in [0.05, 0.1) is 23.9 Å². The topological polar surface area (TPSA) is 154 Å². The van der Waals surface area contributed by atoms with Gasteiger partial charge in [0.2, 0.25) is 15.9 Å². The first kappa shape index (κ1) is 38.0. The second-order valence-electron chi connectivity index (χ2n) is 15.0. The molecule has 286 valence electrons. The Morgan fingerprint density at radius 3 is 2.36 bits per heavy atom. The highest BCUT2D eigenvalue weighted by molar-refractivity contribution is 7.90. The van der Waals surface area contributed by atoms with Crippen LogP contribution >= 0.6 is 0 Å². The number of hydrogen-bond acceptors (Lipinski definition) is 8. The van der Waals surface area contributed by atoms with E-state index < -0.39 is 91.0 Å². The first-order valence-electron chi connectivity index (χ1n) is 17.1. The lowest BCUT2D eigenvalue weighted by molar-refractivity contribution is -0.763. The summed E-state index contributed by atoms with van der Waals surface area (Å²) >= 11 is 0. The van der Waals surface area contributed by atoms with Crippen molar-refractivity contribution in [2.45, 2.75) is 88.8 Å². The minimum absolute atomic E-state index is 0.00641. The fraction of sp³-hybridized carbons (Fsp3) is 0.486. The summed E-state index contributed by atoms with van der Waals surface area (Å²) in [7, 11) is -3.99. The zero-order valence-electron chi connectivity index (χ0n) is 29.3. The molecule has 1 unspecified atom stereocenters. The van der Waals surface area contributed by atoms with Crippen molar-refractivity contribution in [2.24, 2.45) is 5.41 Å². The molecule has 2 aromatic rings. The number of quaternary nitrogens is 1. The number of rotatable bonds is 8. The molecular formula is C35H41F4N6O7S+. The van der Waals surface area contributed by atoms with E-state index in [4.69, 9.17) is 4.74 Å². The standard InChI is InChI=1S/C35H40F4N6O7S/c1-5-23-19-45(23,32(48)42-53(50,51)25-12-13-25)41-30(46)28-15-24(52-33(49)43-16-20-8-6-11-27(36)26(20)18-43)17-44(28)31(47)29(34(2,3)4)40-22-10-7-9-21(14-22)35(37,38)39/h5-11,14,23-25,28-29,40H,1,12-13,15-19H2,2-4H3,(H-,41,42,46,48)/p+1/t23-,24-,28+,29-,45?/m1/s1. The Kier molecular flexibility index (Phi) is 9.76. The molecule has 6 rings (SSSR count). The molecule has 0 spiro atoms. The lowest BCUT2D eigenvalue weighted by Crippen LogP contribution is -2.61. The fourth-order valence-electron chi connectivity index (χ4n) is 6.72. The molecule has 3 N–H and O–H groups in total. The molecule has 3 aliphatic heterocycles. The molecule has 5 amide bonds. The summed E-state index contributed by atoms with van der Waals surface area (Å²) in [6, 6.07) is 4.53. The Hall–Kier alpha value is -4.71. The van der Waals surface area contributed by atoms with Crippen LogP contribution in [-0.4, -0.2) is 89.3 Å². The highest BCUT2D eigenvalue weighted by atomic mass is 32.2. The predicted molar refractivity (Wildman–Crippen MR) is 182 cm³/mol. The van der Waals surface area contributed by atoms with Gasteiger partial charge in [0.1, 0.15) is 24.0 Å². The number of amides is 5. The molecule has 1 aliphatic carbocycles. The molecule has 5 atom stereocenters. The Morgan fingerprint density at radius 1 is 1.06 bits per heavy atom. The van der Waals surface area contributed by atoms with E-state index in [1.54, 1.807) is 26.8 Å². The van der Waals surface area contributed by atoms with E-state index in [0.717, 1.165) is 17.0 Å². The highest BCUT2D eigenvalue weighted by Crippen LogP contribution is 2.36. The van der Waals surface area contributed by atoms with Crippen molar-refractivity contribution in [2.75, 3.05) is 18.4 Å². The largest absolute Gasteiger partial charge is 0.455 e. The van der Waals surface area contributed by atoms with E-state index in [-0.39, 0.29) is 38.3 Å². The van der Waals surface area contributed by atoms with Gasteiger partial charge in [-0.3, -0.25) is 14.5 Å². The van der Waals surface area contributed by atoms with Crippen molar-refractivity contribution < 1.29 is 54.5 Å². The zero-order chi connectivity index (χ0) is 38.7. The van der Waals surface area contributed by atoms with Gasteiger partial charge in [0, 0.05) is 24.2 Å². The average molecular weight is 766 g/mol. The Labute approximate surface area is 303 Å². The van der Waals surface area contributed by atoms with Crippen LogP contribution < -0.4 is 15.5 Å². The molecule has 2 aromatic carbocycles. The predicted octanol–water partition coefficient (Wildman–Crippen LogP) is 4.41. The summed E-state index contributed by atoms with van der Waals surface area (Å²) in [5, 5.41) is 2.18. The minimum Gasteiger partial charge on any atom is -0.444 e. The van der Waals surface area contributed by atoms with E-state index in [2.05, 4.69) is 17.3 Å². The van der Waals surface area contributed by atoms with Gasteiger partial charge in [-0.05, 0) is 54.2 Å². The van der Waals surface area contributed by atoms with Crippen LogP contribution in [0.2, 0.25) is 0 Å². The van der Waals surface area contributed by atoms with Crippen LogP contribution in [0, 0.1) is 11.2 Å². The lowest BCUT2D eigenvalue weighted by Gasteiger charge is -2.36. The van der Waals surface area contributed by atoms with Gasteiger partial charge < -0.3 is 15.0 Å². The third-order valence-corrected chi connectivity index (χ3v) is 11.8. The molecule has 0 bridgehead atoms. The van der Waals surface area contributed by atoms with Crippen LogP contribution in [0.5, 0.6) is 0 Å². The van der Waals surface area contributed by atoms with E-state index >= 15 is 0 Å².